The third-order valence-electron chi connectivity index (χ3n) is 5.41. The standard InChI is InChI=1S/C20H20F5N3O4S/c1-31-17-14(7-6-13(21)16(17)22)28-10-19(32-2,20(23,24)25)9-15(28)18(29)27-11-4-3-5-12(8-11)33(26)30/h3-8,15H,9-10,26H2,1-2H3,(H,27,29). The van der Waals surface area contributed by atoms with Gasteiger partial charge in [0, 0.05) is 19.2 Å². The van der Waals surface area contributed by atoms with E-state index in [-0.39, 0.29) is 16.3 Å². The first-order valence-corrected chi connectivity index (χ1v) is 10.6. The number of nitrogens with zero attached hydrogens (tertiary/aromatic N) is 1. The van der Waals surface area contributed by atoms with Crippen LogP contribution in [-0.2, 0) is 20.5 Å². The molecule has 3 atom stereocenters. The first-order valence-electron chi connectivity index (χ1n) is 9.41. The molecule has 2 aromatic rings. The van der Waals surface area contributed by atoms with Gasteiger partial charge in [-0.25, -0.2) is 13.7 Å². The minimum Gasteiger partial charge on any atom is -0.491 e. The van der Waals surface area contributed by atoms with Gasteiger partial charge in [-0.3, -0.25) is 4.79 Å². The number of ether oxygens (including phenoxy) is 2. The molecular formula is C20H20F5N3O4S. The Labute approximate surface area is 188 Å². The fourth-order valence-corrected chi connectivity index (χ4v) is 4.15. The summed E-state index contributed by atoms with van der Waals surface area (Å²) in [6, 6.07) is 5.88. The van der Waals surface area contributed by atoms with Gasteiger partial charge in [0.1, 0.15) is 17.0 Å². The molecule has 0 aliphatic carbocycles. The summed E-state index contributed by atoms with van der Waals surface area (Å²) >= 11 is 0. The molecule has 1 aliphatic rings. The van der Waals surface area contributed by atoms with E-state index < -0.39 is 65.1 Å². The number of benzene rings is 2. The molecule has 13 heteroatoms. The number of alkyl halides is 3. The lowest BCUT2D eigenvalue weighted by molar-refractivity contribution is -0.261. The summed E-state index contributed by atoms with van der Waals surface area (Å²) in [5, 5.41) is 7.78. The predicted molar refractivity (Wildman–Crippen MR) is 110 cm³/mol. The van der Waals surface area contributed by atoms with E-state index in [1.165, 1.54) is 24.3 Å². The van der Waals surface area contributed by atoms with Crippen molar-refractivity contribution < 1.29 is 40.4 Å². The van der Waals surface area contributed by atoms with Crippen LogP contribution in [0, 0.1) is 11.6 Å². The van der Waals surface area contributed by atoms with Crippen LogP contribution in [0.15, 0.2) is 41.3 Å². The second kappa shape index (κ2) is 9.23. The average Bonchev–Trinajstić information content (AvgIpc) is 3.17. The maximum absolute atomic E-state index is 14.3. The van der Waals surface area contributed by atoms with Crippen molar-refractivity contribution in [2.24, 2.45) is 5.14 Å². The highest BCUT2D eigenvalue weighted by atomic mass is 32.2. The monoisotopic (exact) mass is 493 g/mol. The molecule has 180 valence electrons. The van der Waals surface area contributed by atoms with Gasteiger partial charge >= 0.3 is 6.18 Å². The third-order valence-corrected chi connectivity index (χ3v) is 6.13. The molecule has 1 aliphatic heterocycles. The molecule has 1 fully saturated rings. The maximum Gasteiger partial charge on any atom is 0.419 e. The Bertz CT molecular complexity index is 1080. The summed E-state index contributed by atoms with van der Waals surface area (Å²) in [6.07, 6.45) is -5.71. The van der Waals surface area contributed by atoms with Crippen LogP contribution in [0.2, 0.25) is 0 Å². The first kappa shape index (κ1) is 24.9. The van der Waals surface area contributed by atoms with Crippen molar-refractivity contribution in [3.63, 3.8) is 0 Å². The van der Waals surface area contributed by atoms with Gasteiger partial charge < -0.3 is 19.7 Å². The van der Waals surface area contributed by atoms with E-state index in [9.17, 15) is 31.0 Å². The number of nitrogens with one attached hydrogen (secondary N) is 1. The zero-order valence-electron chi connectivity index (χ0n) is 17.4. The predicted octanol–water partition coefficient (Wildman–Crippen LogP) is 3.12. The molecule has 7 nitrogen and oxygen atoms in total. The van der Waals surface area contributed by atoms with Crippen molar-refractivity contribution in [1.82, 2.24) is 0 Å². The van der Waals surface area contributed by atoms with E-state index in [1.807, 2.05) is 0 Å². The molecule has 33 heavy (non-hydrogen) atoms. The topological polar surface area (TPSA) is 93.9 Å². The second-order valence-corrected chi connectivity index (χ2v) is 8.34. The number of carbonyl (C=O) groups is 1. The molecule has 0 spiro atoms. The molecule has 0 aromatic heterocycles. The Kier molecular flexibility index (Phi) is 6.96. The molecule has 1 heterocycles. The number of hydrogen-bond donors (Lipinski definition) is 2. The van der Waals surface area contributed by atoms with Crippen LogP contribution in [0.5, 0.6) is 5.75 Å². The van der Waals surface area contributed by atoms with Gasteiger partial charge in [0.25, 0.3) is 0 Å². The lowest BCUT2D eigenvalue weighted by Crippen LogP contribution is -2.49. The molecular weight excluding hydrogens is 473 g/mol. The normalized spacial score (nSPS) is 21.7. The Morgan fingerprint density at radius 3 is 2.52 bits per heavy atom. The van der Waals surface area contributed by atoms with Crippen LogP contribution in [0.4, 0.5) is 33.3 Å². The highest BCUT2D eigenvalue weighted by Gasteiger charge is 2.63. The Hall–Kier alpha value is -2.77. The number of carbonyl (C=O) groups excluding carboxylic acids is 1. The van der Waals surface area contributed by atoms with Crippen LogP contribution in [0.3, 0.4) is 0 Å². The molecule has 0 radical (unpaired) electrons. The Morgan fingerprint density at radius 1 is 1.24 bits per heavy atom. The Morgan fingerprint density at radius 2 is 1.94 bits per heavy atom. The van der Waals surface area contributed by atoms with Gasteiger partial charge in [-0.05, 0) is 30.3 Å². The molecule has 3 rings (SSSR count). The number of amides is 1. The lowest BCUT2D eigenvalue weighted by atomic mass is 9.99. The van der Waals surface area contributed by atoms with Crippen LogP contribution in [0.25, 0.3) is 0 Å². The largest absolute Gasteiger partial charge is 0.491 e. The van der Waals surface area contributed by atoms with Crippen LogP contribution in [-0.4, -0.2) is 48.7 Å². The van der Waals surface area contributed by atoms with Crippen molar-refractivity contribution in [2.45, 2.75) is 29.1 Å². The summed E-state index contributed by atoms with van der Waals surface area (Å²) in [6.45, 7) is -0.876. The summed E-state index contributed by atoms with van der Waals surface area (Å²) in [7, 11) is 0.0298. The highest BCUT2D eigenvalue weighted by Crippen LogP contribution is 2.47. The zero-order valence-corrected chi connectivity index (χ0v) is 18.2. The Balaban J connectivity index is 2.05. The smallest absolute Gasteiger partial charge is 0.419 e. The van der Waals surface area contributed by atoms with Crippen molar-refractivity contribution in [2.75, 3.05) is 31.0 Å². The maximum atomic E-state index is 14.3. The molecule has 1 amide bonds. The van der Waals surface area contributed by atoms with Gasteiger partial charge in [-0.1, -0.05) is 6.07 Å². The summed E-state index contributed by atoms with van der Waals surface area (Å²) in [4.78, 5) is 14.2. The van der Waals surface area contributed by atoms with E-state index in [1.54, 1.807) is 0 Å². The average molecular weight is 493 g/mol. The molecule has 0 saturated carbocycles. The van der Waals surface area contributed by atoms with E-state index in [0.717, 1.165) is 31.3 Å². The summed E-state index contributed by atoms with van der Waals surface area (Å²) in [5.74, 6) is -4.21. The van der Waals surface area contributed by atoms with E-state index >= 15 is 0 Å². The number of halogens is 5. The number of hydrogen-bond acceptors (Lipinski definition) is 5. The molecule has 1 saturated heterocycles. The van der Waals surface area contributed by atoms with E-state index in [0.29, 0.717) is 0 Å². The molecule has 3 unspecified atom stereocenters. The lowest BCUT2D eigenvalue weighted by Gasteiger charge is -2.31. The number of anilines is 2. The van der Waals surface area contributed by atoms with Crippen LogP contribution < -0.4 is 20.1 Å². The van der Waals surface area contributed by atoms with Gasteiger partial charge in [0.05, 0.1) is 24.2 Å². The van der Waals surface area contributed by atoms with Crippen LogP contribution >= 0.6 is 0 Å². The highest BCUT2D eigenvalue weighted by molar-refractivity contribution is 7.82. The number of rotatable bonds is 6. The summed E-state index contributed by atoms with van der Waals surface area (Å²) < 4.78 is 91.0. The fraction of sp³-hybridized carbons (Fsp3) is 0.350. The van der Waals surface area contributed by atoms with Crippen molar-refractivity contribution in [3.8, 4) is 5.75 Å². The molecule has 0 bridgehead atoms. The minimum absolute atomic E-state index is 0.135. The second-order valence-electron chi connectivity index (χ2n) is 7.27. The van der Waals surface area contributed by atoms with Crippen molar-refractivity contribution >= 4 is 28.3 Å². The minimum atomic E-state index is -4.88. The van der Waals surface area contributed by atoms with Crippen molar-refractivity contribution in [3.05, 3.63) is 48.0 Å². The van der Waals surface area contributed by atoms with E-state index in [4.69, 9.17) is 14.6 Å². The molecule has 3 N–H and O–H groups in total. The quantitative estimate of drug-likeness (QED) is 0.604. The third kappa shape index (κ3) is 4.66. The van der Waals surface area contributed by atoms with Gasteiger partial charge in [-0.15, -0.1) is 0 Å². The van der Waals surface area contributed by atoms with E-state index in [2.05, 4.69) is 5.32 Å². The molecule has 2 aromatic carbocycles. The van der Waals surface area contributed by atoms with Crippen molar-refractivity contribution in [1.29, 1.82) is 0 Å². The van der Waals surface area contributed by atoms with Gasteiger partial charge in [0.2, 0.25) is 11.7 Å². The SMILES string of the molecule is COc1c(N2CC(OC)(C(F)(F)F)CC2C(=O)Nc2cccc(S(N)=O)c2)ccc(F)c1F. The zero-order chi connectivity index (χ0) is 24.6. The van der Waals surface area contributed by atoms with Gasteiger partial charge in [0.15, 0.2) is 17.2 Å². The number of methoxy groups -OCH3 is 2. The number of nitrogens with two attached hydrogens (primary N) is 1. The fourth-order valence-electron chi connectivity index (χ4n) is 3.70. The van der Waals surface area contributed by atoms with Crippen LogP contribution in [0.1, 0.15) is 6.42 Å². The first-order chi connectivity index (χ1) is 15.4. The van der Waals surface area contributed by atoms with Gasteiger partial charge in [-0.2, -0.15) is 17.6 Å². The summed E-state index contributed by atoms with van der Waals surface area (Å²) in [5.41, 5.74) is -2.88.